The summed E-state index contributed by atoms with van der Waals surface area (Å²) in [4.78, 5) is 22.8. The number of carboxylic acids is 1. The first-order chi connectivity index (χ1) is 12.9. The van der Waals surface area contributed by atoms with Crippen molar-refractivity contribution in [2.45, 2.75) is 37.1 Å². The molecule has 1 fully saturated rings. The lowest BCUT2D eigenvalue weighted by Crippen LogP contribution is -2.44. The second kappa shape index (κ2) is 7.94. The number of carboxylic acid groups (broad SMARTS) is 1. The van der Waals surface area contributed by atoms with E-state index in [4.69, 9.17) is 21.3 Å². The number of ether oxygens (including phenoxy) is 1. The Morgan fingerprint density at radius 2 is 2.26 bits per heavy atom. The van der Waals surface area contributed by atoms with Crippen LogP contribution in [0.4, 0.5) is 5.82 Å². The molecule has 27 heavy (non-hydrogen) atoms. The van der Waals surface area contributed by atoms with Crippen molar-refractivity contribution in [2.24, 2.45) is 5.73 Å². The number of aliphatic carboxylic acids is 1. The molecule has 12 nitrogen and oxygen atoms in total. The molecule has 0 saturated carbocycles. The lowest BCUT2D eigenvalue weighted by molar-refractivity contribution is -0.137. The van der Waals surface area contributed by atoms with E-state index in [2.05, 4.69) is 20.3 Å². The lowest BCUT2D eigenvalue weighted by atomic mass is 10.1. The maximum absolute atomic E-state index is 10.6. The molecule has 1 saturated heterocycles. The van der Waals surface area contributed by atoms with Gasteiger partial charge in [-0.3, -0.25) is 14.7 Å². The Bertz CT molecular complexity index is 841. The van der Waals surface area contributed by atoms with Gasteiger partial charge in [-0.1, -0.05) is 12.2 Å². The van der Waals surface area contributed by atoms with E-state index in [0.717, 1.165) is 0 Å². The molecule has 0 amide bonds. The quantitative estimate of drug-likeness (QED) is 0.228. The third-order valence-electron chi connectivity index (χ3n) is 4.22. The Labute approximate surface area is 153 Å². The van der Waals surface area contributed by atoms with Crippen molar-refractivity contribution >= 4 is 23.0 Å². The Balaban J connectivity index is 1.62. The van der Waals surface area contributed by atoms with E-state index < -0.39 is 36.7 Å². The number of nitrogens with two attached hydrogens (primary N) is 2. The number of hydrogen-bond acceptors (Lipinski definition) is 10. The van der Waals surface area contributed by atoms with E-state index in [0.29, 0.717) is 11.2 Å². The molecule has 3 heterocycles. The number of hydrogen-bond donors (Lipinski definition) is 6. The summed E-state index contributed by atoms with van der Waals surface area (Å²) in [6.45, 7) is 0.150. The zero-order valence-corrected chi connectivity index (χ0v) is 14.2. The number of fused-ring (bicyclic) bond motifs is 1. The molecule has 1 aliphatic heterocycles. The van der Waals surface area contributed by atoms with Crippen LogP contribution >= 0.6 is 0 Å². The smallest absolute Gasteiger partial charge is 0.324 e. The van der Waals surface area contributed by atoms with Crippen LogP contribution in [0.1, 0.15) is 12.6 Å². The van der Waals surface area contributed by atoms with Crippen molar-refractivity contribution in [1.82, 2.24) is 24.8 Å². The molecular formula is C15H21N7O5. The summed E-state index contributed by atoms with van der Waals surface area (Å²) in [5, 5.41) is 31.9. The molecule has 0 spiro atoms. The van der Waals surface area contributed by atoms with Crippen molar-refractivity contribution in [3.8, 4) is 0 Å². The minimum absolute atomic E-state index is 0.150. The Hall–Kier alpha value is -2.64. The highest BCUT2D eigenvalue weighted by molar-refractivity contribution is 5.81. The number of aromatic nitrogens is 4. The number of anilines is 1. The van der Waals surface area contributed by atoms with E-state index in [1.807, 2.05) is 0 Å². The maximum Gasteiger partial charge on any atom is 0.324 e. The second-order valence-electron chi connectivity index (χ2n) is 6.09. The lowest BCUT2D eigenvalue weighted by Gasteiger charge is -2.21. The number of aliphatic hydroxyl groups excluding tert-OH is 2. The van der Waals surface area contributed by atoms with Gasteiger partial charge in [0.2, 0.25) is 0 Å². The maximum atomic E-state index is 10.6. The average Bonchev–Trinajstić information content (AvgIpc) is 3.22. The first-order valence-electron chi connectivity index (χ1n) is 8.21. The molecule has 0 aliphatic carbocycles. The fourth-order valence-electron chi connectivity index (χ4n) is 2.82. The van der Waals surface area contributed by atoms with Crippen LogP contribution in [0.2, 0.25) is 0 Å². The number of nitrogens with one attached hydrogen (secondary N) is 1. The van der Waals surface area contributed by atoms with Gasteiger partial charge in [-0.25, -0.2) is 15.0 Å². The third kappa shape index (κ3) is 4.04. The molecule has 146 valence electrons. The Kier molecular flexibility index (Phi) is 5.62. The topological polar surface area (TPSA) is 195 Å². The van der Waals surface area contributed by atoms with Crippen molar-refractivity contribution in [1.29, 1.82) is 0 Å². The molecule has 5 atom stereocenters. The van der Waals surface area contributed by atoms with E-state index in [-0.39, 0.29) is 18.8 Å². The molecule has 0 bridgehead atoms. The average molecular weight is 379 g/mol. The van der Waals surface area contributed by atoms with E-state index in [1.54, 1.807) is 4.57 Å². The number of nitrogens with zero attached hydrogens (tertiary/aromatic N) is 4. The van der Waals surface area contributed by atoms with Gasteiger partial charge in [0, 0.05) is 13.0 Å². The molecule has 1 aliphatic rings. The van der Waals surface area contributed by atoms with Gasteiger partial charge in [-0.2, -0.15) is 0 Å². The normalized spacial score (nSPS) is 25.2. The monoisotopic (exact) mass is 379 g/mol. The van der Waals surface area contributed by atoms with Gasteiger partial charge in [0.05, 0.1) is 12.4 Å². The molecule has 2 unspecified atom stereocenters. The van der Waals surface area contributed by atoms with Gasteiger partial charge in [0.25, 0.3) is 0 Å². The fraction of sp³-hybridized carbons (Fsp3) is 0.467. The molecule has 2 aromatic heterocycles. The van der Waals surface area contributed by atoms with Crippen LogP contribution < -0.4 is 16.8 Å². The number of carbonyl (C=O) groups is 1. The summed E-state index contributed by atoms with van der Waals surface area (Å²) >= 11 is 0. The SMILES string of the molecule is Nc1ncnc2c1ncn2[C@H]1C[C@H](O)[C@@H](C(O)NCC=CC(N)C(=O)O)O1. The molecule has 2 aromatic rings. The Morgan fingerprint density at radius 3 is 3.00 bits per heavy atom. The van der Waals surface area contributed by atoms with Gasteiger partial charge in [-0.05, 0) is 0 Å². The summed E-state index contributed by atoms with van der Waals surface area (Å²) in [6, 6.07) is -1.12. The van der Waals surface area contributed by atoms with E-state index in [9.17, 15) is 15.0 Å². The van der Waals surface area contributed by atoms with Gasteiger partial charge in [0.15, 0.2) is 11.5 Å². The van der Waals surface area contributed by atoms with Crippen molar-refractivity contribution in [3.05, 3.63) is 24.8 Å². The van der Waals surface area contributed by atoms with E-state index in [1.165, 1.54) is 24.8 Å². The summed E-state index contributed by atoms with van der Waals surface area (Å²) in [5.41, 5.74) is 12.0. The molecule has 3 rings (SSSR count). The molecule has 12 heteroatoms. The third-order valence-corrected chi connectivity index (χ3v) is 4.22. The number of nitrogen functional groups attached to an aromatic ring is 1. The van der Waals surface area contributed by atoms with Crippen LogP contribution in [0.25, 0.3) is 11.2 Å². The highest BCUT2D eigenvalue weighted by Gasteiger charge is 2.39. The highest BCUT2D eigenvalue weighted by Crippen LogP contribution is 2.32. The minimum Gasteiger partial charge on any atom is -0.480 e. The molecule has 0 radical (unpaired) electrons. The summed E-state index contributed by atoms with van der Waals surface area (Å²) < 4.78 is 7.38. The molecule has 8 N–H and O–H groups in total. The standard InChI is InChI=1S/C15H21N7O5/c16-7(15(25)26)2-1-3-18-14(24)11-8(23)4-9(27-11)22-6-21-10-12(17)19-5-20-13(10)22/h1-2,5-9,11,14,18,23-24H,3-4,16H2,(H,25,26)(H2,17,19,20)/t7?,8-,9+,11-,14?/m0/s1. The summed E-state index contributed by atoms with van der Waals surface area (Å²) in [5.74, 6) is -0.914. The van der Waals surface area contributed by atoms with Gasteiger partial charge >= 0.3 is 5.97 Å². The highest BCUT2D eigenvalue weighted by atomic mass is 16.5. The van der Waals surface area contributed by atoms with E-state index >= 15 is 0 Å². The van der Waals surface area contributed by atoms with Crippen LogP contribution in [-0.4, -0.2) is 71.8 Å². The molecular weight excluding hydrogens is 358 g/mol. The van der Waals surface area contributed by atoms with Gasteiger partial charge in [-0.15, -0.1) is 0 Å². The van der Waals surface area contributed by atoms with Crippen LogP contribution in [0.3, 0.4) is 0 Å². The van der Waals surface area contributed by atoms with Gasteiger partial charge < -0.3 is 31.5 Å². The Morgan fingerprint density at radius 1 is 1.48 bits per heavy atom. The molecule has 0 aromatic carbocycles. The number of imidazole rings is 1. The first kappa shape index (κ1) is 19.1. The van der Waals surface area contributed by atoms with Crippen molar-refractivity contribution in [3.63, 3.8) is 0 Å². The predicted molar refractivity (Wildman–Crippen MR) is 93.0 cm³/mol. The second-order valence-corrected chi connectivity index (χ2v) is 6.09. The van der Waals surface area contributed by atoms with Crippen molar-refractivity contribution in [2.75, 3.05) is 12.3 Å². The van der Waals surface area contributed by atoms with Crippen molar-refractivity contribution < 1.29 is 24.9 Å². The zero-order chi connectivity index (χ0) is 19.6. The summed E-state index contributed by atoms with van der Waals surface area (Å²) in [7, 11) is 0. The van der Waals surface area contributed by atoms with Crippen LogP contribution in [0, 0.1) is 0 Å². The number of aliphatic hydroxyl groups is 2. The first-order valence-corrected chi connectivity index (χ1v) is 8.21. The summed E-state index contributed by atoms with van der Waals surface area (Å²) in [6.07, 6.45) is 2.20. The number of rotatable bonds is 7. The van der Waals surface area contributed by atoms with Crippen LogP contribution in [-0.2, 0) is 9.53 Å². The predicted octanol–water partition coefficient (Wildman–Crippen LogP) is -2.07. The minimum atomic E-state index is -1.18. The fourth-order valence-corrected chi connectivity index (χ4v) is 2.82. The van der Waals surface area contributed by atoms with Crippen LogP contribution in [0.5, 0.6) is 0 Å². The largest absolute Gasteiger partial charge is 0.480 e. The van der Waals surface area contributed by atoms with Gasteiger partial charge in [0.1, 0.15) is 36.4 Å². The van der Waals surface area contributed by atoms with Crippen LogP contribution in [0.15, 0.2) is 24.8 Å². The zero-order valence-electron chi connectivity index (χ0n) is 14.2.